The van der Waals surface area contributed by atoms with E-state index in [1.165, 1.54) is 6.42 Å². The third-order valence-corrected chi connectivity index (χ3v) is 3.38. The Bertz CT molecular complexity index is 389. The van der Waals surface area contributed by atoms with Crippen LogP contribution in [-0.4, -0.2) is 18.8 Å². The third kappa shape index (κ3) is 3.69. The number of ether oxygens (including phenoxy) is 2. The molecule has 4 nitrogen and oxygen atoms in total. The van der Waals surface area contributed by atoms with Crippen molar-refractivity contribution in [2.75, 3.05) is 6.61 Å². The molecule has 1 aliphatic heterocycles. The minimum Gasteiger partial charge on any atom is -0.491 e. The molecule has 0 amide bonds. The normalized spacial score (nSPS) is 21.4. The molecule has 2 unspecified atom stereocenters. The Hall–Kier alpha value is -1.10. The van der Waals surface area contributed by atoms with E-state index < -0.39 is 0 Å². The number of hydrogen-bond acceptors (Lipinski definition) is 4. The summed E-state index contributed by atoms with van der Waals surface area (Å²) in [5.74, 6) is 6.63. The molecule has 1 aromatic rings. The second kappa shape index (κ2) is 6.89. The van der Waals surface area contributed by atoms with Crippen LogP contribution in [0.1, 0.15) is 44.7 Å². The van der Waals surface area contributed by atoms with Crippen LogP contribution < -0.4 is 16.0 Å². The van der Waals surface area contributed by atoms with Crippen molar-refractivity contribution in [2.45, 2.75) is 51.4 Å². The van der Waals surface area contributed by atoms with Gasteiger partial charge in [-0.1, -0.05) is 18.2 Å². The highest BCUT2D eigenvalue weighted by Crippen LogP contribution is 2.32. The van der Waals surface area contributed by atoms with E-state index in [-0.39, 0.29) is 18.2 Å². The number of para-hydroxylation sites is 1. The Kier molecular flexibility index (Phi) is 5.19. The number of benzene rings is 1. The van der Waals surface area contributed by atoms with Gasteiger partial charge < -0.3 is 9.47 Å². The Morgan fingerprint density at radius 3 is 2.74 bits per heavy atom. The molecule has 0 saturated carbocycles. The fourth-order valence-corrected chi connectivity index (χ4v) is 2.52. The maximum absolute atomic E-state index is 5.87. The summed E-state index contributed by atoms with van der Waals surface area (Å²) in [6, 6.07) is 8.02. The van der Waals surface area contributed by atoms with E-state index in [0.29, 0.717) is 0 Å². The zero-order valence-electron chi connectivity index (χ0n) is 11.8. The summed E-state index contributed by atoms with van der Waals surface area (Å²) in [7, 11) is 0. The first kappa shape index (κ1) is 14.3. The van der Waals surface area contributed by atoms with Crippen LogP contribution in [0.15, 0.2) is 24.3 Å². The first-order valence-electron chi connectivity index (χ1n) is 7.05. The van der Waals surface area contributed by atoms with Crippen LogP contribution in [-0.2, 0) is 4.74 Å². The maximum Gasteiger partial charge on any atom is 0.124 e. The fourth-order valence-electron chi connectivity index (χ4n) is 2.52. The quantitative estimate of drug-likeness (QED) is 0.634. The molecule has 1 heterocycles. The molecular weight excluding hydrogens is 240 g/mol. The highest BCUT2D eigenvalue weighted by molar-refractivity contribution is 5.36. The molecule has 3 N–H and O–H groups in total. The molecule has 106 valence electrons. The number of nitrogens with two attached hydrogens (primary N) is 1. The number of hydrogen-bond donors (Lipinski definition) is 2. The molecule has 2 atom stereocenters. The Labute approximate surface area is 115 Å². The number of rotatable bonds is 5. The molecule has 1 aliphatic rings. The molecule has 4 heteroatoms. The molecule has 19 heavy (non-hydrogen) atoms. The van der Waals surface area contributed by atoms with Gasteiger partial charge in [-0.15, -0.1) is 0 Å². The lowest BCUT2D eigenvalue weighted by Gasteiger charge is -2.31. The average Bonchev–Trinajstić information content (AvgIpc) is 2.42. The zero-order valence-corrected chi connectivity index (χ0v) is 11.8. The van der Waals surface area contributed by atoms with E-state index in [1.807, 2.05) is 32.0 Å². The van der Waals surface area contributed by atoms with Gasteiger partial charge in [0.2, 0.25) is 0 Å². The largest absolute Gasteiger partial charge is 0.491 e. The van der Waals surface area contributed by atoms with Crippen molar-refractivity contribution in [3.05, 3.63) is 29.8 Å². The number of nitrogens with one attached hydrogen (secondary N) is 1. The summed E-state index contributed by atoms with van der Waals surface area (Å²) in [4.78, 5) is 0. The van der Waals surface area contributed by atoms with Crippen molar-refractivity contribution in [2.24, 2.45) is 5.84 Å². The SMILES string of the molecule is CC(C)Oc1ccccc1C(NN)C1CCCCO1. The van der Waals surface area contributed by atoms with Crippen LogP contribution in [0, 0.1) is 0 Å². The van der Waals surface area contributed by atoms with Gasteiger partial charge in [0.15, 0.2) is 0 Å². The van der Waals surface area contributed by atoms with Gasteiger partial charge in [0.05, 0.1) is 18.2 Å². The van der Waals surface area contributed by atoms with Crippen LogP contribution >= 0.6 is 0 Å². The highest BCUT2D eigenvalue weighted by Gasteiger charge is 2.27. The van der Waals surface area contributed by atoms with E-state index in [0.717, 1.165) is 30.8 Å². The van der Waals surface area contributed by atoms with Crippen molar-refractivity contribution < 1.29 is 9.47 Å². The molecule has 0 aromatic heterocycles. The second-order valence-corrected chi connectivity index (χ2v) is 5.25. The molecule has 0 aliphatic carbocycles. The van der Waals surface area contributed by atoms with Gasteiger partial charge in [-0.05, 0) is 39.2 Å². The minimum atomic E-state index is -0.0183. The molecule has 2 rings (SSSR count). The Morgan fingerprint density at radius 1 is 1.32 bits per heavy atom. The van der Waals surface area contributed by atoms with Gasteiger partial charge >= 0.3 is 0 Å². The van der Waals surface area contributed by atoms with Crippen LogP contribution in [0.25, 0.3) is 0 Å². The second-order valence-electron chi connectivity index (χ2n) is 5.25. The topological polar surface area (TPSA) is 56.5 Å². The maximum atomic E-state index is 5.87. The lowest BCUT2D eigenvalue weighted by Crippen LogP contribution is -2.39. The van der Waals surface area contributed by atoms with Crippen LogP contribution in [0.2, 0.25) is 0 Å². The smallest absolute Gasteiger partial charge is 0.124 e. The summed E-state index contributed by atoms with van der Waals surface area (Å²) in [5.41, 5.74) is 3.97. The van der Waals surface area contributed by atoms with E-state index in [4.69, 9.17) is 15.3 Å². The van der Waals surface area contributed by atoms with Gasteiger partial charge in [0.1, 0.15) is 5.75 Å². The van der Waals surface area contributed by atoms with Gasteiger partial charge in [-0.3, -0.25) is 11.3 Å². The molecule has 1 fully saturated rings. The van der Waals surface area contributed by atoms with Crippen LogP contribution in [0.5, 0.6) is 5.75 Å². The van der Waals surface area contributed by atoms with Crippen LogP contribution in [0.3, 0.4) is 0 Å². The summed E-state index contributed by atoms with van der Waals surface area (Å²) in [6.45, 7) is 4.87. The lowest BCUT2D eigenvalue weighted by molar-refractivity contribution is -0.00891. The van der Waals surface area contributed by atoms with Crippen molar-refractivity contribution >= 4 is 0 Å². The van der Waals surface area contributed by atoms with E-state index in [9.17, 15) is 0 Å². The predicted octanol–water partition coefficient (Wildman–Crippen LogP) is 2.55. The molecular formula is C15H24N2O2. The molecule has 1 aromatic carbocycles. The van der Waals surface area contributed by atoms with Gasteiger partial charge in [-0.25, -0.2) is 0 Å². The fraction of sp³-hybridized carbons (Fsp3) is 0.600. The summed E-state index contributed by atoms with van der Waals surface area (Å²) in [6.07, 6.45) is 3.63. The Balaban J connectivity index is 2.21. The Morgan fingerprint density at radius 2 is 2.11 bits per heavy atom. The average molecular weight is 264 g/mol. The first-order chi connectivity index (χ1) is 9.22. The van der Waals surface area contributed by atoms with Crippen LogP contribution in [0.4, 0.5) is 0 Å². The van der Waals surface area contributed by atoms with Gasteiger partial charge in [0.25, 0.3) is 0 Å². The van der Waals surface area contributed by atoms with Gasteiger partial charge in [0, 0.05) is 12.2 Å². The molecule has 1 saturated heterocycles. The third-order valence-electron chi connectivity index (χ3n) is 3.38. The highest BCUT2D eigenvalue weighted by atomic mass is 16.5. The summed E-state index contributed by atoms with van der Waals surface area (Å²) >= 11 is 0. The van der Waals surface area contributed by atoms with E-state index in [1.54, 1.807) is 0 Å². The van der Waals surface area contributed by atoms with Crippen molar-refractivity contribution in [1.29, 1.82) is 0 Å². The summed E-state index contributed by atoms with van der Waals surface area (Å²) < 4.78 is 11.7. The number of hydrazine groups is 1. The molecule has 0 bridgehead atoms. The van der Waals surface area contributed by atoms with Crippen molar-refractivity contribution in [1.82, 2.24) is 5.43 Å². The molecule has 0 radical (unpaired) electrons. The summed E-state index contributed by atoms with van der Waals surface area (Å²) in [5, 5.41) is 0. The van der Waals surface area contributed by atoms with E-state index >= 15 is 0 Å². The standard InChI is InChI=1S/C15H24N2O2/c1-11(2)19-13-8-4-3-7-12(13)15(17-16)14-9-5-6-10-18-14/h3-4,7-8,11,14-15,17H,5-6,9-10,16H2,1-2H3. The molecule has 0 spiro atoms. The monoisotopic (exact) mass is 264 g/mol. The van der Waals surface area contributed by atoms with Crippen molar-refractivity contribution in [3.63, 3.8) is 0 Å². The van der Waals surface area contributed by atoms with Gasteiger partial charge in [-0.2, -0.15) is 0 Å². The zero-order chi connectivity index (χ0) is 13.7. The van der Waals surface area contributed by atoms with Crippen molar-refractivity contribution in [3.8, 4) is 5.75 Å². The predicted molar refractivity (Wildman–Crippen MR) is 75.9 cm³/mol. The lowest BCUT2D eigenvalue weighted by atomic mass is 9.95. The van der Waals surface area contributed by atoms with E-state index in [2.05, 4.69) is 11.5 Å². The first-order valence-corrected chi connectivity index (χ1v) is 7.05. The minimum absolute atomic E-state index is 0.0183.